The molecule has 1 aromatic heterocycles. The minimum absolute atomic E-state index is 0.643. The number of hydrogen-bond donors (Lipinski definition) is 0. The van der Waals surface area contributed by atoms with Crippen molar-refractivity contribution < 1.29 is 0 Å². The van der Waals surface area contributed by atoms with Gasteiger partial charge in [0.15, 0.2) is 17.5 Å². The van der Waals surface area contributed by atoms with E-state index in [1.807, 2.05) is 36.4 Å². The van der Waals surface area contributed by atoms with Crippen LogP contribution in [0.4, 0.5) is 0 Å². The van der Waals surface area contributed by atoms with Crippen molar-refractivity contribution in [1.82, 2.24) is 15.0 Å². The zero-order valence-corrected chi connectivity index (χ0v) is 26.2. The Labute approximate surface area is 280 Å². The number of nitrogens with zero attached hydrogens (tertiary/aromatic N) is 3. The molecule has 0 aliphatic rings. The van der Waals surface area contributed by atoms with Crippen molar-refractivity contribution in [2.45, 2.75) is 0 Å². The van der Waals surface area contributed by atoms with E-state index in [1.54, 1.807) is 0 Å². The van der Waals surface area contributed by atoms with Gasteiger partial charge in [0.2, 0.25) is 0 Å². The highest BCUT2D eigenvalue weighted by Crippen LogP contribution is 2.32. The van der Waals surface area contributed by atoms with Gasteiger partial charge in [-0.3, -0.25) is 0 Å². The Morgan fingerprint density at radius 2 is 0.417 bits per heavy atom. The van der Waals surface area contributed by atoms with Gasteiger partial charge in [-0.25, -0.2) is 15.0 Å². The van der Waals surface area contributed by atoms with E-state index in [4.69, 9.17) is 15.0 Å². The average molecular weight is 614 g/mol. The van der Waals surface area contributed by atoms with Crippen LogP contribution >= 0.6 is 0 Å². The molecule has 3 nitrogen and oxygen atoms in total. The largest absolute Gasteiger partial charge is 0.208 e. The minimum atomic E-state index is 0.643. The first kappa shape index (κ1) is 29.0. The van der Waals surface area contributed by atoms with E-state index in [2.05, 4.69) is 152 Å². The Kier molecular flexibility index (Phi) is 7.92. The summed E-state index contributed by atoms with van der Waals surface area (Å²) in [6.07, 6.45) is 0. The van der Waals surface area contributed by atoms with Crippen molar-refractivity contribution in [3.05, 3.63) is 188 Å². The van der Waals surface area contributed by atoms with Crippen molar-refractivity contribution in [2.24, 2.45) is 0 Å². The summed E-state index contributed by atoms with van der Waals surface area (Å²) in [5.74, 6) is 1.94. The van der Waals surface area contributed by atoms with Crippen molar-refractivity contribution in [3.63, 3.8) is 0 Å². The number of aromatic nitrogens is 3. The Bertz CT molecular complexity index is 2300. The lowest BCUT2D eigenvalue weighted by Gasteiger charge is -2.10. The summed E-state index contributed by atoms with van der Waals surface area (Å²) in [6.45, 7) is 0. The van der Waals surface area contributed by atoms with Crippen LogP contribution in [0.5, 0.6) is 0 Å². The van der Waals surface area contributed by atoms with Crippen LogP contribution in [0.15, 0.2) is 188 Å². The highest BCUT2D eigenvalue weighted by atomic mass is 15.0. The molecule has 0 amide bonds. The fraction of sp³-hybridized carbons (Fsp3) is 0. The molecule has 226 valence electrons. The minimum Gasteiger partial charge on any atom is -0.208 e. The van der Waals surface area contributed by atoms with Gasteiger partial charge < -0.3 is 0 Å². The van der Waals surface area contributed by atoms with Gasteiger partial charge in [-0.05, 0) is 56.6 Å². The monoisotopic (exact) mass is 613 g/mol. The zero-order valence-electron chi connectivity index (χ0n) is 26.2. The van der Waals surface area contributed by atoms with Crippen LogP contribution in [0.25, 0.3) is 78.7 Å². The zero-order chi connectivity index (χ0) is 32.1. The summed E-state index contributed by atoms with van der Waals surface area (Å²) in [6, 6.07) is 65.3. The first-order chi connectivity index (χ1) is 23.8. The van der Waals surface area contributed by atoms with Gasteiger partial charge >= 0.3 is 0 Å². The first-order valence-corrected chi connectivity index (χ1v) is 16.1. The number of rotatable bonds is 7. The maximum atomic E-state index is 4.97. The van der Waals surface area contributed by atoms with E-state index in [0.29, 0.717) is 17.5 Å². The molecule has 0 saturated carbocycles. The molecule has 1 heterocycles. The Morgan fingerprint density at radius 1 is 0.188 bits per heavy atom. The fourth-order valence-corrected chi connectivity index (χ4v) is 5.99. The summed E-state index contributed by atoms with van der Waals surface area (Å²) in [5.41, 5.74) is 12.3. The van der Waals surface area contributed by atoms with Crippen molar-refractivity contribution in [3.8, 4) is 78.7 Å². The molecule has 0 unspecified atom stereocenters. The van der Waals surface area contributed by atoms with Crippen LogP contribution in [0.3, 0.4) is 0 Å². The summed E-state index contributed by atoms with van der Waals surface area (Å²) in [7, 11) is 0. The molecule has 3 heteroatoms. The molecule has 48 heavy (non-hydrogen) atoms. The normalized spacial score (nSPS) is 10.9. The van der Waals surface area contributed by atoms with Crippen LogP contribution < -0.4 is 0 Å². The molecule has 0 N–H and O–H groups in total. The van der Waals surface area contributed by atoms with Crippen molar-refractivity contribution in [1.29, 1.82) is 0 Å². The molecule has 0 radical (unpaired) electrons. The molecule has 0 aliphatic carbocycles. The van der Waals surface area contributed by atoms with Gasteiger partial charge in [0.25, 0.3) is 0 Å². The lowest BCUT2D eigenvalue weighted by Crippen LogP contribution is -2.00. The van der Waals surface area contributed by atoms with Crippen LogP contribution in [0.2, 0.25) is 0 Å². The molecule has 0 spiro atoms. The van der Waals surface area contributed by atoms with Gasteiger partial charge in [0, 0.05) is 16.7 Å². The molecule has 8 rings (SSSR count). The predicted octanol–water partition coefficient (Wildman–Crippen LogP) is 11.5. The molecule has 0 atom stereocenters. The maximum Gasteiger partial charge on any atom is 0.164 e. The van der Waals surface area contributed by atoms with Gasteiger partial charge in [-0.1, -0.05) is 176 Å². The van der Waals surface area contributed by atoms with Gasteiger partial charge in [0.05, 0.1) is 0 Å². The van der Waals surface area contributed by atoms with Crippen LogP contribution in [-0.2, 0) is 0 Å². The summed E-state index contributed by atoms with van der Waals surface area (Å²) in [5, 5.41) is 0. The van der Waals surface area contributed by atoms with Crippen molar-refractivity contribution in [2.75, 3.05) is 0 Å². The predicted molar refractivity (Wildman–Crippen MR) is 198 cm³/mol. The third-order valence-electron chi connectivity index (χ3n) is 8.56. The first-order valence-electron chi connectivity index (χ1n) is 16.1. The van der Waals surface area contributed by atoms with Crippen LogP contribution in [-0.4, -0.2) is 15.0 Å². The van der Waals surface area contributed by atoms with Gasteiger partial charge in [0.1, 0.15) is 0 Å². The molecule has 8 aromatic rings. The Hall–Kier alpha value is -6.45. The molecular formula is C45H31N3. The second kappa shape index (κ2) is 13.1. The van der Waals surface area contributed by atoms with E-state index < -0.39 is 0 Å². The molecular weight excluding hydrogens is 583 g/mol. The SMILES string of the molecule is c1ccc(-c2ccc(-c3nc(-c4ccccc4)nc(-c4ccc(-c5cccc(-c6cccc(-c7ccccc7)c6)c5)cc4)n3)cc2)cc1. The third kappa shape index (κ3) is 6.18. The lowest BCUT2D eigenvalue weighted by molar-refractivity contribution is 1.07. The quantitative estimate of drug-likeness (QED) is 0.179. The highest BCUT2D eigenvalue weighted by Gasteiger charge is 2.13. The standard InChI is InChI=1S/C45H31N3/c1-4-12-32(13-5-1)34-22-26-37(27-23-34)44-46-43(36-16-8-3-9-17-36)47-45(48-44)38-28-24-35(25-29-38)40-19-11-21-42(31-40)41-20-10-18-39(30-41)33-14-6-2-7-15-33/h1-31H. The molecule has 7 aromatic carbocycles. The van der Waals surface area contributed by atoms with Crippen LogP contribution in [0, 0.1) is 0 Å². The van der Waals surface area contributed by atoms with E-state index in [9.17, 15) is 0 Å². The van der Waals surface area contributed by atoms with E-state index in [1.165, 1.54) is 27.8 Å². The molecule has 0 aliphatic heterocycles. The maximum absolute atomic E-state index is 4.97. The third-order valence-corrected chi connectivity index (χ3v) is 8.56. The summed E-state index contributed by atoms with van der Waals surface area (Å²) >= 11 is 0. The Balaban J connectivity index is 1.12. The smallest absolute Gasteiger partial charge is 0.164 e. The number of hydrogen-bond acceptors (Lipinski definition) is 3. The van der Waals surface area contributed by atoms with Crippen molar-refractivity contribution >= 4 is 0 Å². The van der Waals surface area contributed by atoms with E-state index >= 15 is 0 Å². The second-order valence-electron chi connectivity index (χ2n) is 11.7. The number of benzene rings is 7. The average Bonchev–Trinajstić information content (AvgIpc) is 3.19. The topological polar surface area (TPSA) is 38.7 Å². The Morgan fingerprint density at radius 3 is 0.812 bits per heavy atom. The fourth-order valence-electron chi connectivity index (χ4n) is 5.99. The molecule has 0 saturated heterocycles. The summed E-state index contributed by atoms with van der Waals surface area (Å²) < 4.78 is 0. The van der Waals surface area contributed by atoms with E-state index in [0.717, 1.165) is 33.4 Å². The lowest BCUT2D eigenvalue weighted by atomic mass is 9.96. The summed E-state index contributed by atoms with van der Waals surface area (Å²) in [4.78, 5) is 14.8. The van der Waals surface area contributed by atoms with Gasteiger partial charge in [-0.2, -0.15) is 0 Å². The highest BCUT2D eigenvalue weighted by molar-refractivity contribution is 5.78. The van der Waals surface area contributed by atoms with E-state index in [-0.39, 0.29) is 0 Å². The second-order valence-corrected chi connectivity index (χ2v) is 11.7. The van der Waals surface area contributed by atoms with Gasteiger partial charge in [-0.15, -0.1) is 0 Å². The molecule has 0 bridgehead atoms. The molecule has 0 fully saturated rings. The van der Waals surface area contributed by atoms with Crippen LogP contribution in [0.1, 0.15) is 0 Å².